The monoisotopic (exact) mass is 486 g/mol. The number of hydrogen-bond acceptors (Lipinski definition) is 6. The summed E-state index contributed by atoms with van der Waals surface area (Å²) in [5.41, 5.74) is -2.58. The number of ether oxygens (including phenoxy) is 1. The first-order chi connectivity index (χ1) is 15.6. The highest BCUT2D eigenvalue weighted by Gasteiger charge is 2.43. The van der Waals surface area contributed by atoms with E-state index in [4.69, 9.17) is 16.3 Å². The minimum atomic E-state index is -5.03. The smallest absolute Gasteiger partial charge is 0.378 e. The Bertz CT molecular complexity index is 1010. The van der Waals surface area contributed by atoms with Crippen LogP contribution in [0.3, 0.4) is 0 Å². The second-order valence-electron chi connectivity index (χ2n) is 7.37. The molecular weight excluding hydrogens is 465 g/mol. The molecule has 0 saturated carbocycles. The number of rotatable bonds is 7. The van der Waals surface area contributed by atoms with E-state index < -0.39 is 34.1 Å². The van der Waals surface area contributed by atoms with Crippen LogP contribution in [0.15, 0.2) is 30.3 Å². The minimum absolute atomic E-state index is 0.0460. The number of morpholine rings is 1. The van der Waals surface area contributed by atoms with Crippen molar-refractivity contribution < 1.29 is 27.6 Å². The lowest BCUT2D eigenvalue weighted by Crippen LogP contribution is -2.38. The molecule has 178 valence electrons. The number of halogens is 4. The summed E-state index contributed by atoms with van der Waals surface area (Å²) in [5, 5.41) is 12.2. The van der Waals surface area contributed by atoms with Gasteiger partial charge in [0, 0.05) is 36.3 Å². The van der Waals surface area contributed by atoms with E-state index >= 15 is 0 Å². The molecule has 1 saturated heterocycles. The van der Waals surface area contributed by atoms with E-state index in [-0.39, 0.29) is 44.2 Å². The molecule has 0 radical (unpaired) electrons. The van der Waals surface area contributed by atoms with Crippen molar-refractivity contribution in [1.82, 2.24) is 4.98 Å². The molecule has 0 atom stereocenters. The fourth-order valence-electron chi connectivity index (χ4n) is 3.42. The van der Waals surface area contributed by atoms with Gasteiger partial charge in [0.1, 0.15) is 11.4 Å². The van der Waals surface area contributed by atoms with E-state index in [1.165, 1.54) is 24.3 Å². The molecule has 1 aromatic heterocycles. The van der Waals surface area contributed by atoms with Gasteiger partial charge in [-0.1, -0.05) is 24.9 Å². The summed E-state index contributed by atoms with van der Waals surface area (Å²) in [7, 11) is 0. The van der Waals surface area contributed by atoms with Gasteiger partial charge in [-0.2, -0.15) is 13.2 Å². The summed E-state index contributed by atoms with van der Waals surface area (Å²) < 4.78 is 47.0. The fourth-order valence-corrected chi connectivity index (χ4v) is 3.54. The zero-order valence-corrected chi connectivity index (χ0v) is 18.5. The second-order valence-corrected chi connectivity index (χ2v) is 7.81. The van der Waals surface area contributed by atoms with E-state index in [0.717, 1.165) is 4.90 Å². The summed E-state index contributed by atoms with van der Waals surface area (Å²) >= 11 is 5.87. The molecule has 0 bridgehead atoms. The average Bonchev–Trinajstić information content (AvgIpc) is 2.79. The van der Waals surface area contributed by atoms with Gasteiger partial charge in [0.15, 0.2) is 0 Å². The quantitative estimate of drug-likeness (QED) is 0.406. The summed E-state index contributed by atoms with van der Waals surface area (Å²) in [4.78, 5) is 30.7. The van der Waals surface area contributed by atoms with Gasteiger partial charge in [0.2, 0.25) is 5.82 Å². The maximum absolute atomic E-state index is 13.9. The Balaban J connectivity index is 2.22. The Hall–Kier alpha value is -2.92. The van der Waals surface area contributed by atoms with E-state index in [0.29, 0.717) is 23.9 Å². The first-order valence-corrected chi connectivity index (χ1v) is 10.7. The Labute approximate surface area is 193 Å². The first-order valence-electron chi connectivity index (χ1n) is 10.3. The second kappa shape index (κ2) is 10.3. The molecule has 12 heteroatoms. The number of carbonyl (C=O) groups is 1. The number of amides is 1. The molecule has 0 N–H and O–H groups in total. The van der Waals surface area contributed by atoms with E-state index in [2.05, 4.69) is 4.98 Å². The number of alkyl halides is 3. The summed E-state index contributed by atoms with van der Waals surface area (Å²) in [5.74, 6) is -1.44. The molecular formula is C21H22ClF3N4O4. The number of unbranched alkanes of at least 4 members (excludes halogenated alkanes) is 1. The molecule has 0 aliphatic carbocycles. The van der Waals surface area contributed by atoms with Crippen LogP contribution in [-0.4, -0.2) is 48.7 Å². The summed E-state index contributed by atoms with van der Waals surface area (Å²) in [6, 6.07) is 6.40. The number of pyridine rings is 1. The van der Waals surface area contributed by atoms with Crippen molar-refractivity contribution in [2.75, 3.05) is 42.6 Å². The summed E-state index contributed by atoms with van der Waals surface area (Å²) in [6.45, 7) is 2.87. The van der Waals surface area contributed by atoms with Crippen LogP contribution in [-0.2, 0) is 10.9 Å². The SMILES string of the molecule is CCCCN(C(=O)c1ccc(Cl)cc1)c1nc(N2CCOCC2)cc(C(F)(F)F)c1[N+](=O)[O-]. The molecule has 1 amide bonds. The Kier molecular flexibility index (Phi) is 7.75. The fraction of sp³-hybridized carbons (Fsp3) is 0.429. The number of hydrogen-bond donors (Lipinski definition) is 0. The van der Waals surface area contributed by atoms with Gasteiger partial charge in [-0.25, -0.2) is 4.98 Å². The third kappa shape index (κ3) is 5.72. The molecule has 1 aliphatic heterocycles. The lowest BCUT2D eigenvalue weighted by atomic mass is 10.1. The summed E-state index contributed by atoms with van der Waals surface area (Å²) in [6.07, 6.45) is -4.02. The Morgan fingerprint density at radius 3 is 2.45 bits per heavy atom. The maximum Gasteiger partial charge on any atom is 0.423 e. The standard InChI is InChI=1S/C21H22ClF3N4O4/c1-2-3-8-28(20(30)14-4-6-15(22)7-5-14)19-18(29(31)32)16(21(23,24)25)13-17(26-19)27-9-11-33-12-10-27/h4-7,13H,2-3,8-12H2,1H3. The van der Waals surface area contributed by atoms with Crippen molar-refractivity contribution >= 4 is 34.8 Å². The van der Waals surface area contributed by atoms with Crippen molar-refractivity contribution in [1.29, 1.82) is 0 Å². The minimum Gasteiger partial charge on any atom is -0.378 e. The van der Waals surface area contributed by atoms with Gasteiger partial charge in [0.25, 0.3) is 5.91 Å². The van der Waals surface area contributed by atoms with Crippen molar-refractivity contribution in [3.63, 3.8) is 0 Å². The number of benzene rings is 1. The van der Waals surface area contributed by atoms with Gasteiger partial charge >= 0.3 is 11.9 Å². The molecule has 33 heavy (non-hydrogen) atoms. The average molecular weight is 487 g/mol. The normalized spacial score (nSPS) is 14.3. The largest absolute Gasteiger partial charge is 0.423 e. The lowest BCUT2D eigenvalue weighted by molar-refractivity contribution is -0.387. The molecule has 1 aromatic carbocycles. The molecule has 1 fully saturated rings. The molecule has 2 aromatic rings. The lowest BCUT2D eigenvalue weighted by Gasteiger charge is -2.30. The van der Waals surface area contributed by atoms with Gasteiger partial charge < -0.3 is 9.64 Å². The zero-order chi connectivity index (χ0) is 24.2. The highest BCUT2D eigenvalue weighted by molar-refractivity contribution is 6.30. The predicted octanol–water partition coefficient (Wildman–Crippen LogP) is 4.95. The zero-order valence-electron chi connectivity index (χ0n) is 17.8. The third-order valence-corrected chi connectivity index (χ3v) is 5.36. The first kappa shape index (κ1) is 24.7. The number of nitrogens with zero attached hydrogens (tertiary/aromatic N) is 4. The number of carbonyl (C=O) groups excluding carboxylic acids is 1. The van der Waals surface area contributed by atoms with E-state index in [1.54, 1.807) is 4.90 Å². The van der Waals surface area contributed by atoms with Crippen molar-refractivity contribution in [2.45, 2.75) is 25.9 Å². The topological polar surface area (TPSA) is 88.8 Å². The number of aromatic nitrogens is 1. The third-order valence-electron chi connectivity index (χ3n) is 5.11. The highest BCUT2D eigenvalue weighted by atomic mass is 35.5. The Morgan fingerprint density at radius 2 is 1.91 bits per heavy atom. The van der Waals surface area contributed by atoms with Crippen molar-refractivity contribution in [3.05, 3.63) is 56.6 Å². The van der Waals surface area contributed by atoms with Crippen LogP contribution in [0.5, 0.6) is 0 Å². The van der Waals surface area contributed by atoms with Crippen LogP contribution in [0.1, 0.15) is 35.7 Å². The molecule has 3 rings (SSSR count). The maximum atomic E-state index is 13.9. The molecule has 0 spiro atoms. The van der Waals surface area contributed by atoms with Gasteiger partial charge in [-0.15, -0.1) is 0 Å². The molecule has 2 heterocycles. The number of anilines is 2. The Morgan fingerprint density at radius 1 is 1.27 bits per heavy atom. The molecule has 8 nitrogen and oxygen atoms in total. The number of nitro groups is 1. The van der Waals surface area contributed by atoms with Crippen LogP contribution in [0, 0.1) is 10.1 Å². The van der Waals surface area contributed by atoms with Crippen molar-refractivity contribution in [3.8, 4) is 0 Å². The van der Waals surface area contributed by atoms with Crippen LogP contribution in [0.4, 0.5) is 30.5 Å². The van der Waals surface area contributed by atoms with Gasteiger partial charge in [-0.05, 0) is 30.7 Å². The predicted molar refractivity (Wildman–Crippen MR) is 117 cm³/mol. The van der Waals surface area contributed by atoms with Gasteiger partial charge in [-0.3, -0.25) is 19.8 Å². The van der Waals surface area contributed by atoms with Crippen LogP contribution >= 0.6 is 11.6 Å². The van der Waals surface area contributed by atoms with E-state index in [9.17, 15) is 28.1 Å². The molecule has 1 aliphatic rings. The van der Waals surface area contributed by atoms with Crippen molar-refractivity contribution in [2.24, 2.45) is 0 Å². The highest BCUT2D eigenvalue weighted by Crippen LogP contribution is 2.43. The molecule has 0 unspecified atom stereocenters. The van der Waals surface area contributed by atoms with E-state index in [1.807, 2.05) is 6.92 Å². The van der Waals surface area contributed by atoms with Crippen LogP contribution in [0.2, 0.25) is 5.02 Å². The van der Waals surface area contributed by atoms with Crippen LogP contribution in [0.25, 0.3) is 0 Å². The van der Waals surface area contributed by atoms with Crippen LogP contribution < -0.4 is 9.80 Å². The van der Waals surface area contributed by atoms with Gasteiger partial charge in [0.05, 0.1) is 18.1 Å².